The molecule has 0 fully saturated rings. The van der Waals surface area contributed by atoms with Gasteiger partial charge in [-0.15, -0.1) is 0 Å². The Balaban J connectivity index is 1.19. The minimum atomic E-state index is -1.02. The molecule has 14 heteroatoms. The van der Waals surface area contributed by atoms with E-state index in [4.69, 9.17) is 16.0 Å². The maximum atomic E-state index is 14.2. The average Bonchev–Trinajstić information content (AvgIpc) is 3.93. The molecular weight excluding hydrogens is 672 g/mol. The molecule has 274 valence electrons. The third-order valence-corrected chi connectivity index (χ3v) is 9.21. The van der Waals surface area contributed by atoms with Gasteiger partial charge in [0.15, 0.2) is 11.8 Å². The van der Waals surface area contributed by atoms with Crippen LogP contribution in [0, 0.1) is 13.8 Å². The Labute approximate surface area is 307 Å². The fraction of sp³-hybridized carbons (Fsp3) is 0.282. The lowest BCUT2D eigenvalue weighted by molar-refractivity contribution is -0.130. The van der Waals surface area contributed by atoms with Crippen molar-refractivity contribution in [3.05, 3.63) is 131 Å². The zero-order chi connectivity index (χ0) is 37.3. The number of H-pyrrole nitrogens is 1. The summed E-state index contributed by atoms with van der Waals surface area (Å²) in [7, 11) is 0. The van der Waals surface area contributed by atoms with Crippen molar-refractivity contribution in [3.8, 4) is 16.9 Å². The van der Waals surface area contributed by atoms with Gasteiger partial charge in [-0.05, 0) is 72.2 Å². The van der Waals surface area contributed by atoms with Gasteiger partial charge in [0.1, 0.15) is 17.8 Å². The Kier molecular flexibility index (Phi) is 11.6. The Hall–Kier alpha value is -6.28. The maximum absolute atomic E-state index is 14.2. The second-order valence-electron chi connectivity index (χ2n) is 13.2. The van der Waals surface area contributed by atoms with Crippen molar-refractivity contribution in [2.75, 3.05) is 5.73 Å². The van der Waals surface area contributed by atoms with E-state index in [1.807, 2.05) is 44.2 Å². The van der Waals surface area contributed by atoms with Crippen LogP contribution in [0.25, 0.3) is 11.1 Å². The van der Waals surface area contributed by atoms with Crippen LogP contribution in [0.3, 0.4) is 0 Å². The lowest BCUT2D eigenvalue weighted by atomic mass is 9.95. The maximum Gasteiger partial charge on any atom is 0.249 e. The van der Waals surface area contributed by atoms with E-state index < -0.39 is 29.9 Å². The van der Waals surface area contributed by atoms with Crippen molar-refractivity contribution < 1.29 is 19.2 Å². The number of nitrogens with one attached hydrogen (secondary N) is 3. The van der Waals surface area contributed by atoms with Crippen LogP contribution in [0.5, 0.6) is 5.75 Å². The summed E-state index contributed by atoms with van der Waals surface area (Å²) in [6, 6.07) is 18.9. The fourth-order valence-corrected chi connectivity index (χ4v) is 6.32. The highest BCUT2D eigenvalue weighted by Gasteiger charge is 2.30. The van der Waals surface area contributed by atoms with Gasteiger partial charge in [0, 0.05) is 44.4 Å². The number of aromatic nitrogens is 6. The van der Waals surface area contributed by atoms with Crippen LogP contribution in [-0.2, 0) is 35.4 Å². The number of carbonyl (C=O) groups excluding carboxylic acids is 2. The number of aryl methyl sites for hydroxylation is 3. The molecule has 6 rings (SSSR count). The lowest BCUT2D eigenvalue weighted by Gasteiger charge is -2.24. The van der Waals surface area contributed by atoms with Crippen LogP contribution in [0.15, 0.2) is 96.2 Å². The third kappa shape index (κ3) is 9.54. The molecule has 3 unspecified atom stereocenters. The van der Waals surface area contributed by atoms with Crippen molar-refractivity contribution in [2.45, 2.75) is 70.6 Å². The summed E-state index contributed by atoms with van der Waals surface area (Å²) in [5, 5.41) is 20.3. The zero-order valence-electron chi connectivity index (χ0n) is 29.7. The van der Waals surface area contributed by atoms with Crippen LogP contribution in [0.1, 0.15) is 58.5 Å². The molecule has 0 spiro atoms. The number of nitrogens with zero attached hydrogens (tertiary/aromatic N) is 5. The minimum absolute atomic E-state index is 0.118. The van der Waals surface area contributed by atoms with E-state index in [1.165, 1.54) is 0 Å². The molecule has 14 nitrogen and oxygen atoms in total. The van der Waals surface area contributed by atoms with Crippen LogP contribution in [0.4, 0.5) is 5.95 Å². The standard InChI is InChI=1S/C39H44N10O4/c1-24-17-30(50)18-25(2)31(24)21-33(45-36(51)32(40)9-6-15-49-16-14-43-39(49)41)37(52)46-34(20-29-22-42-23-44-29)38-47-35(48-53-38)19-26-10-12-28(13-11-26)27-7-4-3-5-8-27/h3-5,7-8,10-14,16-18,22-23,32-34,50H,6,9,15,19-21,40H2,1-2H3,(H2,41,43)(H,42,44)(H,45,51)(H,46,52). The molecule has 0 aliphatic rings. The van der Waals surface area contributed by atoms with Gasteiger partial charge in [-0.1, -0.05) is 59.8 Å². The summed E-state index contributed by atoms with van der Waals surface area (Å²) >= 11 is 0. The number of aromatic hydroxyl groups is 1. The molecule has 3 heterocycles. The van der Waals surface area contributed by atoms with E-state index in [2.05, 4.69) is 60.0 Å². The lowest BCUT2D eigenvalue weighted by Crippen LogP contribution is -2.53. The third-order valence-electron chi connectivity index (χ3n) is 9.21. The number of aromatic amines is 1. The minimum Gasteiger partial charge on any atom is -0.508 e. The molecule has 0 radical (unpaired) electrons. The van der Waals surface area contributed by atoms with Crippen molar-refractivity contribution in [1.29, 1.82) is 0 Å². The Morgan fingerprint density at radius 3 is 2.38 bits per heavy atom. The molecule has 2 amide bonds. The number of nitrogens with two attached hydrogens (primary N) is 2. The molecule has 3 aromatic carbocycles. The highest BCUT2D eigenvalue weighted by atomic mass is 16.5. The summed E-state index contributed by atoms with van der Waals surface area (Å²) in [6.45, 7) is 4.24. The smallest absolute Gasteiger partial charge is 0.249 e. The normalized spacial score (nSPS) is 13.0. The van der Waals surface area contributed by atoms with E-state index in [9.17, 15) is 14.7 Å². The Bertz CT molecular complexity index is 2090. The molecule has 0 saturated carbocycles. The molecular formula is C39H44N10O4. The molecule has 0 saturated heterocycles. The summed E-state index contributed by atoms with van der Waals surface area (Å²) in [6.07, 6.45) is 8.40. The molecule has 53 heavy (non-hydrogen) atoms. The highest BCUT2D eigenvalue weighted by Crippen LogP contribution is 2.24. The van der Waals surface area contributed by atoms with Crippen molar-refractivity contribution in [2.24, 2.45) is 5.73 Å². The molecule has 8 N–H and O–H groups in total. The molecule has 0 aliphatic heterocycles. The number of imidazole rings is 2. The van der Waals surface area contributed by atoms with E-state index >= 15 is 0 Å². The second kappa shape index (κ2) is 16.8. The van der Waals surface area contributed by atoms with Gasteiger partial charge in [-0.25, -0.2) is 9.97 Å². The van der Waals surface area contributed by atoms with Gasteiger partial charge in [-0.3, -0.25) is 9.59 Å². The largest absolute Gasteiger partial charge is 0.508 e. The first-order valence-corrected chi connectivity index (χ1v) is 17.5. The van der Waals surface area contributed by atoms with Crippen molar-refractivity contribution in [1.82, 2.24) is 40.3 Å². The van der Waals surface area contributed by atoms with Gasteiger partial charge in [-0.2, -0.15) is 4.98 Å². The van der Waals surface area contributed by atoms with Gasteiger partial charge in [0.25, 0.3) is 0 Å². The number of carbonyl (C=O) groups is 2. The van der Waals surface area contributed by atoms with Gasteiger partial charge in [0.05, 0.1) is 18.1 Å². The summed E-state index contributed by atoms with van der Waals surface area (Å²) in [5.74, 6) is 0.218. The second-order valence-corrected chi connectivity index (χ2v) is 13.2. The van der Waals surface area contributed by atoms with E-state index in [0.717, 1.165) is 33.4 Å². The SMILES string of the molecule is Cc1cc(O)cc(C)c1CC(NC(=O)C(N)CCCn1ccnc1N)C(=O)NC(Cc1c[nH]cn1)c1nc(Cc2ccc(-c3ccccc3)cc2)no1. The van der Waals surface area contributed by atoms with E-state index in [0.29, 0.717) is 43.3 Å². The molecule has 3 atom stereocenters. The molecule has 0 bridgehead atoms. The quantitative estimate of drug-likeness (QED) is 0.0844. The molecule has 0 aliphatic carbocycles. The summed E-state index contributed by atoms with van der Waals surface area (Å²) in [4.78, 5) is 43.6. The highest BCUT2D eigenvalue weighted by molar-refractivity contribution is 5.90. The number of amides is 2. The van der Waals surface area contributed by atoms with E-state index in [1.54, 1.807) is 41.6 Å². The monoisotopic (exact) mass is 716 g/mol. The number of benzene rings is 3. The first-order valence-electron chi connectivity index (χ1n) is 17.5. The van der Waals surface area contributed by atoms with Crippen LogP contribution >= 0.6 is 0 Å². The number of hydrogen-bond acceptors (Lipinski definition) is 10. The Morgan fingerprint density at radius 1 is 0.962 bits per heavy atom. The number of phenols is 1. The zero-order valence-corrected chi connectivity index (χ0v) is 29.7. The van der Waals surface area contributed by atoms with Crippen LogP contribution < -0.4 is 22.1 Å². The Morgan fingerprint density at radius 2 is 1.70 bits per heavy atom. The molecule has 3 aromatic heterocycles. The predicted octanol–water partition coefficient (Wildman–Crippen LogP) is 4.09. The fourth-order valence-electron chi connectivity index (χ4n) is 6.32. The average molecular weight is 717 g/mol. The van der Waals surface area contributed by atoms with Gasteiger partial charge < -0.3 is 41.3 Å². The van der Waals surface area contributed by atoms with Crippen molar-refractivity contribution >= 4 is 17.8 Å². The number of nitrogen functional groups attached to an aromatic ring is 1. The summed E-state index contributed by atoms with van der Waals surface area (Å²) in [5.41, 5.74) is 18.5. The molecule has 6 aromatic rings. The number of rotatable bonds is 16. The first-order chi connectivity index (χ1) is 25.6. The van der Waals surface area contributed by atoms with Crippen molar-refractivity contribution in [3.63, 3.8) is 0 Å². The number of hydrogen-bond donors (Lipinski definition) is 6. The topological polar surface area (TPSA) is 216 Å². The predicted molar refractivity (Wildman–Crippen MR) is 199 cm³/mol. The summed E-state index contributed by atoms with van der Waals surface area (Å²) < 4.78 is 7.51. The van der Waals surface area contributed by atoms with Gasteiger partial charge >= 0.3 is 0 Å². The van der Waals surface area contributed by atoms with Crippen LogP contribution in [0.2, 0.25) is 0 Å². The van der Waals surface area contributed by atoms with E-state index in [-0.39, 0.29) is 24.5 Å². The van der Waals surface area contributed by atoms with Gasteiger partial charge in [0.2, 0.25) is 17.7 Å². The van der Waals surface area contributed by atoms with Crippen LogP contribution in [-0.4, -0.2) is 58.7 Å². The number of anilines is 1. The number of phenolic OH excluding ortho intramolecular Hbond substituents is 1. The first kappa shape index (κ1) is 36.5.